The highest BCUT2D eigenvalue weighted by molar-refractivity contribution is 5.79. The van der Waals surface area contributed by atoms with Crippen molar-refractivity contribution in [3.63, 3.8) is 0 Å². The van der Waals surface area contributed by atoms with E-state index in [0.29, 0.717) is 24.2 Å². The monoisotopic (exact) mass is 430 g/mol. The Morgan fingerprint density at radius 2 is 1.88 bits per heavy atom. The van der Waals surface area contributed by atoms with Crippen molar-refractivity contribution in [2.24, 2.45) is 5.92 Å². The largest absolute Gasteiger partial charge is 0.341 e. The molecule has 166 valence electrons. The predicted octanol–water partition coefficient (Wildman–Crippen LogP) is 4.98. The fraction of sp³-hybridized carbons (Fsp3) is 0.462. The van der Waals surface area contributed by atoms with Crippen LogP contribution in [0.2, 0.25) is 0 Å². The molecule has 0 N–H and O–H groups in total. The summed E-state index contributed by atoms with van der Waals surface area (Å²) in [6, 6.07) is 12.6. The van der Waals surface area contributed by atoms with Crippen molar-refractivity contribution >= 4 is 5.91 Å². The highest BCUT2D eigenvalue weighted by atomic mass is 16.5. The van der Waals surface area contributed by atoms with Gasteiger partial charge >= 0.3 is 0 Å². The summed E-state index contributed by atoms with van der Waals surface area (Å²) in [5, 5.41) is 4.20. The number of amides is 1. The third kappa shape index (κ3) is 4.31. The molecule has 0 bridgehead atoms. The zero-order valence-corrected chi connectivity index (χ0v) is 18.6. The number of carbonyl (C=O) groups excluding carboxylic acids is 1. The molecule has 6 heteroatoms. The molecule has 2 atom stereocenters. The molecule has 6 nitrogen and oxygen atoms in total. The summed E-state index contributed by atoms with van der Waals surface area (Å²) in [6.07, 6.45) is 9.74. The molecule has 1 saturated carbocycles. The third-order valence-corrected chi connectivity index (χ3v) is 7.04. The lowest BCUT2D eigenvalue weighted by molar-refractivity contribution is -0.137. The van der Waals surface area contributed by atoms with Crippen LogP contribution in [0.25, 0.3) is 11.4 Å². The van der Waals surface area contributed by atoms with Crippen LogP contribution in [-0.2, 0) is 11.2 Å². The van der Waals surface area contributed by atoms with E-state index in [4.69, 9.17) is 9.51 Å². The third-order valence-electron chi connectivity index (χ3n) is 7.04. The van der Waals surface area contributed by atoms with E-state index < -0.39 is 0 Å². The van der Waals surface area contributed by atoms with Crippen LogP contribution in [0.15, 0.2) is 53.3 Å². The van der Waals surface area contributed by atoms with E-state index >= 15 is 0 Å². The number of piperidine rings is 1. The zero-order valence-electron chi connectivity index (χ0n) is 18.6. The summed E-state index contributed by atoms with van der Waals surface area (Å²) in [4.78, 5) is 24.2. The second kappa shape index (κ2) is 9.23. The predicted molar refractivity (Wildman–Crippen MR) is 122 cm³/mol. The minimum Gasteiger partial charge on any atom is -0.341 e. The lowest BCUT2D eigenvalue weighted by Gasteiger charge is -2.38. The zero-order chi connectivity index (χ0) is 21.9. The number of nitrogens with zero attached hydrogens (tertiary/aromatic N) is 4. The topological polar surface area (TPSA) is 72.1 Å². The maximum absolute atomic E-state index is 13.3. The lowest BCUT2D eigenvalue weighted by Crippen LogP contribution is -2.44. The molecule has 2 fully saturated rings. The average Bonchev–Trinajstić information content (AvgIpc) is 3.57. The van der Waals surface area contributed by atoms with Crippen LogP contribution in [-0.4, -0.2) is 39.0 Å². The van der Waals surface area contributed by atoms with Crippen molar-refractivity contribution in [2.75, 3.05) is 13.1 Å². The number of aryl methyl sites for hydroxylation is 1. The van der Waals surface area contributed by atoms with Crippen LogP contribution in [0.5, 0.6) is 0 Å². The molecule has 2 unspecified atom stereocenters. The second-order valence-electron chi connectivity index (χ2n) is 9.15. The molecular weight excluding hydrogens is 400 g/mol. The molecule has 2 aromatic heterocycles. The Morgan fingerprint density at radius 1 is 1.09 bits per heavy atom. The molecule has 0 radical (unpaired) electrons. The quantitative estimate of drug-likeness (QED) is 0.571. The van der Waals surface area contributed by atoms with E-state index in [1.165, 1.54) is 11.1 Å². The molecule has 1 amide bonds. The highest BCUT2D eigenvalue weighted by Gasteiger charge is 2.37. The summed E-state index contributed by atoms with van der Waals surface area (Å²) in [7, 11) is 0. The van der Waals surface area contributed by atoms with Gasteiger partial charge in [-0.3, -0.25) is 9.78 Å². The van der Waals surface area contributed by atoms with Gasteiger partial charge in [0, 0.05) is 42.9 Å². The number of benzene rings is 1. The first kappa shape index (κ1) is 20.9. The van der Waals surface area contributed by atoms with Gasteiger partial charge in [-0.05, 0) is 48.9 Å². The van der Waals surface area contributed by atoms with Crippen molar-refractivity contribution in [1.82, 2.24) is 20.0 Å². The Balaban J connectivity index is 1.41. The Bertz CT molecular complexity index is 1040. The van der Waals surface area contributed by atoms with Gasteiger partial charge in [0.1, 0.15) is 0 Å². The molecule has 3 aromatic rings. The summed E-state index contributed by atoms with van der Waals surface area (Å²) in [6.45, 7) is 3.58. The molecule has 5 rings (SSSR count). The van der Waals surface area contributed by atoms with E-state index in [-0.39, 0.29) is 17.8 Å². The van der Waals surface area contributed by atoms with Gasteiger partial charge < -0.3 is 9.42 Å². The van der Waals surface area contributed by atoms with Gasteiger partial charge in [0.25, 0.3) is 0 Å². The number of hydrogen-bond donors (Lipinski definition) is 0. The SMILES string of the molecule is CCc1ccc(C2CC(c3nc(-c4cccnc4)no3)CN(C(=O)C3CCCC3)C2)cc1. The first-order valence-corrected chi connectivity index (χ1v) is 11.8. The van der Waals surface area contributed by atoms with Crippen molar-refractivity contribution in [3.8, 4) is 11.4 Å². The van der Waals surface area contributed by atoms with Crippen LogP contribution in [0.4, 0.5) is 0 Å². The van der Waals surface area contributed by atoms with E-state index in [0.717, 1.165) is 50.6 Å². The maximum atomic E-state index is 13.3. The number of rotatable bonds is 5. The van der Waals surface area contributed by atoms with Crippen LogP contribution in [0.1, 0.15) is 67.9 Å². The minimum atomic E-state index is 0.0304. The van der Waals surface area contributed by atoms with Crippen LogP contribution in [0.3, 0.4) is 0 Å². The van der Waals surface area contributed by atoms with Gasteiger partial charge in [-0.2, -0.15) is 4.98 Å². The molecular formula is C26H30N4O2. The molecule has 2 aliphatic rings. The van der Waals surface area contributed by atoms with Gasteiger partial charge in [0.2, 0.25) is 17.6 Å². The van der Waals surface area contributed by atoms with Crippen LogP contribution in [0, 0.1) is 5.92 Å². The summed E-state index contributed by atoms with van der Waals surface area (Å²) < 4.78 is 5.71. The first-order chi connectivity index (χ1) is 15.7. The molecule has 1 saturated heterocycles. The van der Waals surface area contributed by atoms with Crippen molar-refractivity contribution < 1.29 is 9.32 Å². The molecule has 1 aliphatic heterocycles. The van der Waals surface area contributed by atoms with E-state index in [1.807, 2.05) is 12.1 Å². The molecule has 32 heavy (non-hydrogen) atoms. The number of hydrogen-bond acceptors (Lipinski definition) is 5. The van der Waals surface area contributed by atoms with Gasteiger partial charge in [-0.25, -0.2) is 0 Å². The van der Waals surface area contributed by atoms with E-state index in [2.05, 4.69) is 46.2 Å². The second-order valence-corrected chi connectivity index (χ2v) is 9.15. The van der Waals surface area contributed by atoms with E-state index in [9.17, 15) is 4.79 Å². The summed E-state index contributed by atoms with van der Waals surface area (Å²) in [5.74, 6) is 1.93. The van der Waals surface area contributed by atoms with Crippen LogP contribution >= 0.6 is 0 Å². The Kier molecular flexibility index (Phi) is 6.02. The average molecular weight is 431 g/mol. The Morgan fingerprint density at radius 3 is 2.59 bits per heavy atom. The molecule has 0 spiro atoms. The minimum absolute atomic E-state index is 0.0304. The maximum Gasteiger partial charge on any atom is 0.231 e. The highest BCUT2D eigenvalue weighted by Crippen LogP contribution is 2.38. The normalized spacial score (nSPS) is 21.7. The van der Waals surface area contributed by atoms with Gasteiger partial charge in [-0.15, -0.1) is 0 Å². The fourth-order valence-electron chi connectivity index (χ4n) is 5.17. The standard InChI is InChI=1S/C26H30N4O2/c1-2-18-9-11-19(12-10-18)22-14-23(17-30(16-22)26(31)20-6-3-4-7-20)25-28-24(29-32-25)21-8-5-13-27-15-21/h5,8-13,15,20,22-23H,2-4,6-7,14,16-17H2,1H3. The van der Waals surface area contributed by atoms with Gasteiger partial charge in [0.05, 0.1) is 5.92 Å². The van der Waals surface area contributed by atoms with Crippen LogP contribution < -0.4 is 0 Å². The van der Waals surface area contributed by atoms with E-state index in [1.54, 1.807) is 12.4 Å². The number of carbonyl (C=O) groups is 1. The van der Waals surface area contributed by atoms with Crippen molar-refractivity contribution in [1.29, 1.82) is 0 Å². The number of pyridine rings is 1. The smallest absolute Gasteiger partial charge is 0.231 e. The van der Waals surface area contributed by atoms with Crippen molar-refractivity contribution in [3.05, 3.63) is 65.8 Å². The molecule has 1 aromatic carbocycles. The Labute approximate surface area is 189 Å². The number of aromatic nitrogens is 3. The first-order valence-electron chi connectivity index (χ1n) is 11.8. The van der Waals surface area contributed by atoms with Crippen molar-refractivity contribution in [2.45, 2.75) is 57.3 Å². The Hall–Kier alpha value is -3.02. The summed E-state index contributed by atoms with van der Waals surface area (Å²) >= 11 is 0. The molecule has 1 aliphatic carbocycles. The van der Waals surface area contributed by atoms with Gasteiger partial charge in [0.15, 0.2) is 0 Å². The summed E-state index contributed by atoms with van der Waals surface area (Å²) in [5.41, 5.74) is 3.45. The molecule has 3 heterocycles. The van der Waals surface area contributed by atoms with Gasteiger partial charge in [-0.1, -0.05) is 49.2 Å². The fourth-order valence-corrected chi connectivity index (χ4v) is 5.17. The number of likely N-dealkylation sites (tertiary alicyclic amines) is 1. The lowest BCUT2D eigenvalue weighted by atomic mass is 9.83.